The van der Waals surface area contributed by atoms with E-state index in [1.807, 2.05) is 25.1 Å². The molecular formula is C16H22BrNO4. The van der Waals surface area contributed by atoms with E-state index in [4.69, 9.17) is 9.84 Å². The number of halogens is 1. The SMILES string of the molecule is COCC(C)(CC(=O)O)NC(=O)CCc1ccc(Br)c(C)c1. The Balaban J connectivity index is 2.59. The highest BCUT2D eigenvalue weighted by atomic mass is 79.9. The molecule has 0 aromatic heterocycles. The molecule has 0 saturated carbocycles. The van der Waals surface area contributed by atoms with Gasteiger partial charge in [0, 0.05) is 18.0 Å². The van der Waals surface area contributed by atoms with E-state index in [-0.39, 0.29) is 18.9 Å². The van der Waals surface area contributed by atoms with E-state index in [9.17, 15) is 9.59 Å². The average Bonchev–Trinajstić information content (AvgIpc) is 2.39. The van der Waals surface area contributed by atoms with Gasteiger partial charge in [-0.1, -0.05) is 28.1 Å². The van der Waals surface area contributed by atoms with Gasteiger partial charge in [-0.25, -0.2) is 0 Å². The molecule has 1 aromatic carbocycles. The van der Waals surface area contributed by atoms with E-state index in [0.29, 0.717) is 12.8 Å². The lowest BCUT2D eigenvalue weighted by atomic mass is 9.98. The van der Waals surface area contributed by atoms with Crippen molar-refractivity contribution in [2.24, 2.45) is 0 Å². The first kappa shape index (κ1) is 18.6. The standard InChI is InChI=1S/C16H22BrNO4/c1-11-8-12(4-6-13(11)17)5-7-14(19)18-16(2,10-22-3)9-15(20)21/h4,6,8H,5,7,9-10H2,1-3H3,(H,18,19)(H,20,21). The minimum Gasteiger partial charge on any atom is -0.481 e. The number of benzene rings is 1. The number of amides is 1. The maximum absolute atomic E-state index is 12.1. The van der Waals surface area contributed by atoms with Gasteiger partial charge in [-0.3, -0.25) is 9.59 Å². The summed E-state index contributed by atoms with van der Waals surface area (Å²) < 4.78 is 6.05. The summed E-state index contributed by atoms with van der Waals surface area (Å²) in [6.45, 7) is 3.82. The van der Waals surface area contributed by atoms with Crippen LogP contribution >= 0.6 is 15.9 Å². The molecule has 0 aliphatic rings. The highest BCUT2D eigenvalue weighted by Crippen LogP contribution is 2.18. The van der Waals surface area contributed by atoms with Crippen LogP contribution in [0.1, 0.15) is 30.9 Å². The number of methoxy groups -OCH3 is 1. The molecule has 1 amide bonds. The third-order valence-corrected chi connectivity index (χ3v) is 4.20. The monoisotopic (exact) mass is 371 g/mol. The summed E-state index contributed by atoms with van der Waals surface area (Å²) in [5.41, 5.74) is 1.29. The number of ether oxygens (including phenoxy) is 1. The maximum atomic E-state index is 12.1. The van der Waals surface area contributed by atoms with Crippen molar-refractivity contribution in [1.82, 2.24) is 5.32 Å². The van der Waals surface area contributed by atoms with Crippen molar-refractivity contribution >= 4 is 27.8 Å². The minimum atomic E-state index is -0.969. The van der Waals surface area contributed by atoms with Crippen LogP contribution in [0.4, 0.5) is 0 Å². The number of hydrogen-bond acceptors (Lipinski definition) is 3. The van der Waals surface area contributed by atoms with Gasteiger partial charge in [0.05, 0.1) is 18.6 Å². The number of carbonyl (C=O) groups is 2. The lowest BCUT2D eigenvalue weighted by Crippen LogP contribution is -2.50. The highest BCUT2D eigenvalue weighted by Gasteiger charge is 2.29. The molecule has 0 aliphatic carbocycles. The van der Waals surface area contributed by atoms with Crippen LogP contribution in [0, 0.1) is 6.92 Å². The molecule has 1 aromatic rings. The van der Waals surface area contributed by atoms with E-state index in [2.05, 4.69) is 21.2 Å². The molecule has 1 unspecified atom stereocenters. The molecule has 0 fully saturated rings. The van der Waals surface area contributed by atoms with Crippen LogP contribution in [0.5, 0.6) is 0 Å². The molecule has 1 rings (SSSR count). The summed E-state index contributed by atoms with van der Waals surface area (Å²) in [7, 11) is 1.48. The van der Waals surface area contributed by atoms with Crippen molar-refractivity contribution in [3.63, 3.8) is 0 Å². The Kier molecular flexibility index (Phi) is 7.03. The topological polar surface area (TPSA) is 75.6 Å². The molecule has 5 nitrogen and oxygen atoms in total. The molecule has 2 N–H and O–H groups in total. The van der Waals surface area contributed by atoms with Crippen molar-refractivity contribution in [1.29, 1.82) is 0 Å². The van der Waals surface area contributed by atoms with Crippen molar-refractivity contribution in [2.45, 2.75) is 38.6 Å². The Morgan fingerprint density at radius 1 is 1.41 bits per heavy atom. The second kappa shape index (κ2) is 8.29. The molecule has 0 radical (unpaired) electrons. The van der Waals surface area contributed by atoms with Gasteiger partial charge in [-0.15, -0.1) is 0 Å². The first-order chi connectivity index (χ1) is 10.3. The van der Waals surface area contributed by atoms with Crippen LogP contribution in [0.15, 0.2) is 22.7 Å². The number of nitrogens with one attached hydrogen (secondary N) is 1. The Bertz CT molecular complexity index is 547. The second-order valence-electron chi connectivity index (χ2n) is 5.70. The Morgan fingerprint density at radius 2 is 2.09 bits per heavy atom. The zero-order chi connectivity index (χ0) is 16.8. The van der Waals surface area contributed by atoms with Gasteiger partial charge in [-0.05, 0) is 37.5 Å². The fourth-order valence-electron chi connectivity index (χ4n) is 2.30. The second-order valence-corrected chi connectivity index (χ2v) is 6.55. The Hall–Kier alpha value is -1.40. The van der Waals surface area contributed by atoms with Crippen LogP contribution < -0.4 is 5.32 Å². The zero-order valence-corrected chi connectivity index (χ0v) is 14.7. The van der Waals surface area contributed by atoms with Gasteiger partial charge < -0.3 is 15.2 Å². The van der Waals surface area contributed by atoms with Gasteiger partial charge in [0.1, 0.15) is 0 Å². The van der Waals surface area contributed by atoms with E-state index >= 15 is 0 Å². The number of carboxylic acid groups (broad SMARTS) is 1. The van der Waals surface area contributed by atoms with Crippen molar-refractivity contribution in [2.75, 3.05) is 13.7 Å². The number of aliphatic carboxylic acids is 1. The van der Waals surface area contributed by atoms with Gasteiger partial charge >= 0.3 is 5.97 Å². The molecule has 0 spiro atoms. The first-order valence-electron chi connectivity index (χ1n) is 7.02. The van der Waals surface area contributed by atoms with E-state index in [1.54, 1.807) is 6.92 Å². The van der Waals surface area contributed by atoms with Crippen molar-refractivity contribution < 1.29 is 19.4 Å². The molecule has 22 heavy (non-hydrogen) atoms. The maximum Gasteiger partial charge on any atom is 0.305 e. The van der Waals surface area contributed by atoms with Gasteiger partial charge in [-0.2, -0.15) is 0 Å². The summed E-state index contributed by atoms with van der Waals surface area (Å²) in [6, 6.07) is 5.96. The number of aryl methyl sites for hydroxylation is 2. The molecule has 0 heterocycles. The van der Waals surface area contributed by atoms with Gasteiger partial charge in [0.2, 0.25) is 5.91 Å². The average molecular weight is 372 g/mol. The predicted molar refractivity (Wildman–Crippen MR) is 87.9 cm³/mol. The first-order valence-corrected chi connectivity index (χ1v) is 7.82. The fourth-order valence-corrected chi connectivity index (χ4v) is 2.55. The van der Waals surface area contributed by atoms with Crippen LogP contribution in [0.2, 0.25) is 0 Å². The van der Waals surface area contributed by atoms with Crippen LogP contribution in [0.3, 0.4) is 0 Å². The quantitative estimate of drug-likeness (QED) is 0.736. The minimum absolute atomic E-state index is 0.155. The summed E-state index contributed by atoms with van der Waals surface area (Å²) in [6.07, 6.45) is 0.736. The van der Waals surface area contributed by atoms with Crippen LogP contribution in [-0.2, 0) is 20.7 Å². The third-order valence-electron chi connectivity index (χ3n) is 3.31. The Labute approximate surface area is 139 Å². The van der Waals surface area contributed by atoms with Crippen molar-refractivity contribution in [3.8, 4) is 0 Å². The van der Waals surface area contributed by atoms with Crippen molar-refractivity contribution in [3.05, 3.63) is 33.8 Å². The normalized spacial score (nSPS) is 13.5. The smallest absolute Gasteiger partial charge is 0.305 e. The molecule has 0 bridgehead atoms. The van der Waals surface area contributed by atoms with Crippen LogP contribution in [0.25, 0.3) is 0 Å². The molecule has 6 heteroatoms. The van der Waals surface area contributed by atoms with E-state index in [1.165, 1.54) is 7.11 Å². The predicted octanol–water partition coefficient (Wildman–Crippen LogP) is 2.69. The summed E-state index contributed by atoms with van der Waals surface area (Å²) in [4.78, 5) is 23.0. The fraction of sp³-hybridized carbons (Fsp3) is 0.500. The van der Waals surface area contributed by atoms with Gasteiger partial charge in [0.15, 0.2) is 0 Å². The third kappa shape index (κ3) is 6.15. The number of hydrogen-bond donors (Lipinski definition) is 2. The van der Waals surface area contributed by atoms with E-state index < -0.39 is 11.5 Å². The lowest BCUT2D eigenvalue weighted by molar-refractivity contribution is -0.139. The Morgan fingerprint density at radius 3 is 2.64 bits per heavy atom. The van der Waals surface area contributed by atoms with Gasteiger partial charge in [0.25, 0.3) is 0 Å². The summed E-state index contributed by atoms with van der Waals surface area (Å²) >= 11 is 3.44. The molecule has 0 saturated heterocycles. The largest absolute Gasteiger partial charge is 0.481 e. The summed E-state index contributed by atoms with van der Waals surface area (Å²) in [5.74, 6) is -1.15. The van der Waals surface area contributed by atoms with Crippen LogP contribution in [-0.4, -0.2) is 36.2 Å². The lowest BCUT2D eigenvalue weighted by Gasteiger charge is -2.28. The highest BCUT2D eigenvalue weighted by molar-refractivity contribution is 9.10. The number of carbonyl (C=O) groups excluding carboxylic acids is 1. The molecule has 1 atom stereocenters. The number of carboxylic acids is 1. The number of rotatable bonds is 8. The molecule has 122 valence electrons. The molecular weight excluding hydrogens is 350 g/mol. The molecule has 0 aliphatic heterocycles. The van der Waals surface area contributed by atoms with E-state index in [0.717, 1.165) is 15.6 Å². The zero-order valence-electron chi connectivity index (χ0n) is 13.1. The summed E-state index contributed by atoms with van der Waals surface area (Å²) in [5, 5.41) is 11.7.